The van der Waals surface area contributed by atoms with Crippen molar-refractivity contribution in [3.8, 4) is 5.69 Å². The van der Waals surface area contributed by atoms with Crippen LogP contribution in [0.2, 0.25) is 0 Å². The van der Waals surface area contributed by atoms with E-state index in [2.05, 4.69) is 25.0 Å². The minimum Gasteiger partial charge on any atom is -0.400 e. The van der Waals surface area contributed by atoms with Crippen LogP contribution in [-0.2, 0) is 11.2 Å². The lowest BCUT2D eigenvalue weighted by molar-refractivity contribution is -0.144. The van der Waals surface area contributed by atoms with Gasteiger partial charge in [0.15, 0.2) is 5.78 Å². The van der Waals surface area contributed by atoms with E-state index in [-0.39, 0.29) is 34.3 Å². The molecule has 0 aliphatic heterocycles. The van der Waals surface area contributed by atoms with Crippen LogP contribution in [0.15, 0.2) is 36.0 Å². The summed E-state index contributed by atoms with van der Waals surface area (Å²) < 4.78 is 15.3. The van der Waals surface area contributed by atoms with Crippen LogP contribution in [0, 0.1) is 40.3 Å². The Morgan fingerprint density at radius 1 is 1.13 bits per heavy atom. The topological polar surface area (TPSA) is 95.6 Å². The molecule has 0 radical (unpaired) electrons. The molecule has 0 spiro atoms. The number of hydrogen-bond donors (Lipinski definition) is 3. The van der Waals surface area contributed by atoms with Gasteiger partial charge in [-0.2, -0.15) is 5.10 Å². The number of rotatable bonds is 3. The van der Waals surface area contributed by atoms with E-state index in [1.165, 1.54) is 17.7 Å². The monoisotopic (exact) mass is 526 g/mol. The predicted molar refractivity (Wildman–Crippen MR) is 146 cm³/mol. The molecule has 4 aliphatic carbocycles. The highest BCUT2D eigenvalue weighted by molar-refractivity contribution is 5.83. The molecule has 7 unspecified atom stereocenters. The molecule has 38 heavy (non-hydrogen) atoms. The van der Waals surface area contributed by atoms with Crippen molar-refractivity contribution in [1.82, 2.24) is 9.78 Å². The van der Waals surface area contributed by atoms with Crippen LogP contribution in [0.5, 0.6) is 0 Å². The minimum atomic E-state index is -0.472. The van der Waals surface area contributed by atoms with Crippen molar-refractivity contribution in [3.63, 3.8) is 0 Å². The van der Waals surface area contributed by atoms with Crippen LogP contribution in [0.25, 0.3) is 11.8 Å². The number of hydrogen-bond acceptors (Lipinski definition) is 5. The summed E-state index contributed by atoms with van der Waals surface area (Å²) in [6, 6.07) is 6.42. The Balaban J connectivity index is 0.000000804. The van der Waals surface area contributed by atoms with Gasteiger partial charge in [-0.3, -0.25) is 4.79 Å². The molecule has 2 aromatic rings. The number of benzene rings is 1. The van der Waals surface area contributed by atoms with Crippen LogP contribution < -0.4 is 0 Å². The number of carbonyl (C=O) groups excluding carboxylic acids is 1. The highest BCUT2D eigenvalue weighted by Gasteiger charge is 2.63. The first-order chi connectivity index (χ1) is 18.3. The number of aromatic nitrogens is 2. The Labute approximate surface area is 225 Å². The van der Waals surface area contributed by atoms with Crippen molar-refractivity contribution in [2.24, 2.45) is 34.5 Å². The van der Waals surface area contributed by atoms with Crippen LogP contribution in [0.3, 0.4) is 0 Å². The van der Waals surface area contributed by atoms with Gasteiger partial charge in [0.25, 0.3) is 0 Å². The summed E-state index contributed by atoms with van der Waals surface area (Å²) in [7, 11) is 1.00. The molecule has 3 saturated carbocycles. The number of aliphatic hydroxyl groups is 3. The smallest absolute Gasteiger partial charge is 0.161 e. The van der Waals surface area contributed by atoms with E-state index < -0.39 is 12.7 Å². The molecular weight excluding hydrogens is 483 g/mol. The fourth-order valence-corrected chi connectivity index (χ4v) is 8.61. The summed E-state index contributed by atoms with van der Waals surface area (Å²) in [5, 5.41) is 32.8. The Morgan fingerprint density at radius 2 is 1.82 bits per heavy atom. The number of halogens is 1. The fraction of sp³-hybridized carbons (Fsp3) is 0.613. The zero-order valence-electron chi connectivity index (χ0n) is 23.3. The third-order valence-corrected chi connectivity index (χ3v) is 10.0. The largest absolute Gasteiger partial charge is 0.400 e. The molecule has 208 valence electrons. The lowest BCUT2D eigenvalue weighted by atomic mass is 9.46. The normalized spacial score (nSPS) is 34.7. The fourth-order valence-electron chi connectivity index (χ4n) is 8.61. The van der Waals surface area contributed by atoms with Gasteiger partial charge in [-0.05, 0) is 103 Å². The molecule has 4 aliphatic rings. The van der Waals surface area contributed by atoms with E-state index in [9.17, 15) is 19.4 Å². The Morgan fingerprint density at radius 3 is 2.47 bits per heavy atom. The van der Waals surface area contributed by atoms with E-state index in [1.54, 1.807) is 12.1 Å². The SMILES string of the molecule is CC.CC12Cc3cnn(-c4ccc(F)cc4)c3C=C1CCC1C2C(O)CC2(C)C(C(=O)CO)CCC12.CO. The van der Waals surface area contributed by atoms with Gasteiger partial charge in [-0.1, -0.05) is 33.3 Å². The number of nitrogens with zero attached hydrogens (tertiary/aromatic N) is 2. The average Bonchev–Trinajstić information content (AvgIpc) is 3.49. The maximum Gasteiger partial charge on any atom is 0.161 e. The predicted octanol–water partition coefficient (Wildman–Crippen LogP) is 4.98. The molecule has 6 rings (SSSR count). The van der Waals surface area contributed by atoms with E-state index in [4.69, 9.17) is 5.11 Å². The van der Waals surface area contributed by atoms with Gasteiger partial charge in [0.05, 0.1) is 23.7 Å². The number of Topliss-reactive ketones (excluding diaryl/α,β-unsaturated/α-hetero) is 1. The van der Waals surface area contributed by atoms with Crippen LogP contribution in [0.4, 0.5) is 4.39 Å². The lowest BCUT2D eigenvalue weighted by Gasteiger charge is -2.59. The van der Waals surface area contributed by atoms with Crippen LogP contribution >= 0.6 is 0 Å². The minimum absolute atomic E-state index is 0.0613. The summed E-state index contributed by atoms with van der Waals surface area (Å²) >= 11 is 0. The molecule has 1 aromatic heterocycles. The summed E-state index contributed by atoms with van der Waals surface area (Å²) in [5.74, 6) is 0.464. The highest BCUT2D eigenvalue weighted by atomic mass is 19.1. The van der Waals surface area contributed by atoms with Crippen molar-refractivity contribution in [2.75, 3.05) is 13.7 Å². The first-order valence-electron chi connectivity index (χ1n) is 14.1. The zero-order valence-corrected chi connectivity index (χ0v) is 23.3. The summed E-state index contributed by atoms with van der Waals surface area (Å²) in [6.07, 6.45) is 8.99. The highest BCUT2D eigenvalue weighted by Crippen LogP contribution is 2.66. The second-order valence-electron chi connectivity index (χ2n) is 11.6. The molecule has 7 heteroatoms. The number of aliphatic hydroxyl groups excluding tert-OH is 3. The Bertz CT molecular complexity index is 1180. The van der Waals surface area contributed by atoms with Crippen LogP contribution in [-0.4, -0.2) is 50.7 Å². The molecule has 0 bridgehead atoms. The van der Waals surface area contributed by atoms with Gasteiger partial charge in [0, 0.05) is 13.0 Å². The number of ketones is 1. The van der Waals surface area contributed by atoms with E-state index in [0.717, 1.165) is 56.2 Å². The van der Waals surface area contributed by atoms with Crippen molar-refractivity contribution >= 4 is 11.9 Å². The van der Waals surface area contributed by atoms with Gasteiger partial charge < -0.3 is 15.3 Å². The second-order valence-corrected chi connectivity index (χ2v) is 11.6. The van der Waals surface area contributed by atoms with Crippen molar-refractivity contribution in [1.29, 1.82) is 0 Å². The molecule has 7 atom stereocenters. The first-order valence-corrected chi connectivity index (χ1v) is 14.1. The first kappa shape index (κ1) is 28.7. The third-order valence-electron chi connectivity index (χ3n) is 10.0. The van der Waals surface area contributed by atoms with Gasteiger partial charge >= 0.3 is 0 Å². The van der Waals surface area contributed by atoms with E-state index in [0.29, 0.717) is 18.3 Å². The molecular formula is C31H43FN2O4. The molecule has 0 saturated heterocycles. The number of carbonyl (C=O) groups is 1. The maximum atomic E-state index is 13.4. The Hall–Kier alpha value is -2.35. The average molecular weight is 527 g/mol. The van der Waals surface area contributed by atoms with Gasteiger partial charge in [0.2, 0.25) is 0 Å². The van der Waals surface area contributed by atoms with E-state index in [1.807, 2.05) is 24.7 Å². The van der Waals surface area contributed by atoms with Crippen molar-refractivity contribution in [2.45, 2.75) is 72.3 Å². The summed E-state index contributed by atoms with van der Waals surface area (Å²) in [5.41, 5.74) is 4.06. The van der Waals surface area contributed by atoms with Crippen molar-refractivity contribution in [3.05, 3.63) is 53.1 Å². The standard InChI is InChI=1S/C28H33FN2O3.C2H6.CH4O/c1-27-12-16-14-30-31(19-6-4-18(29)5-7-19)23(16)11-17(27)3-8-20-21-9-10-22(25(34)15-32)28(21,2)13-24(33)26(20)27;2*1-2/h4-7,11,14,20-22,24,26,32-33H,3,8-10,12-13,15H2,1-2H3;1-2H3;2H,1H3. The molecule has 1 heterocycles. The number of allylic oxidation sites excluding steroid dienone is 1. The van der Waals surface area contributed by atoms with E-state index >= 15 is 0 Å². The third kappa shape index (κ3) is 4.37. The Kier molecular flexibility index (Phi) is 8.31. The van der Waals surface area contributed by atoms with Gasteiger partial charge in [-0.15, -0.1) is 0 Å². The molecule has 6 nitrogen and oxygen atoms in total. The summed E-state index contributed by atoms with van der Waals surface area (Å²) in [4.78, 5) is 12.5. The van der Waals surface area contributed by atoms with Crippen LogP contribution in [0.1, 0.15) is 71.1 Å². The molecule has 1 aromatic carbocycles. The second kappa shape index (κ2) is 11.0. The molecule has 3 N–H and O–H groups in total. The lowest BCUT2D eigenvalue weighted by Crippen LogP contribution is -2.57. The molecule has 3 fully saturated rings. The zero-order chi connectivity index (χ0) is 27.8. The van der Waals surface area contributed by atoms with Gasteiger partial charge in [-0.25, -0.2) is 9.07 Å². The van der Waals surface area contributed by atoms with Gasteiger partial charge in [0.1, 0.15) is 12.4 Å². The maximum absolute atomic E-state index is 13.4. The molecule has 0 amide bonds. The quantitative estimate of drug-likeness (QED) is 0.525. The number of fused-ring (bicyclic) bond motifs is 6. The summed E-state index contributed by atoms with van der Waals surface area (Å²) in [6.45, 7) is 8.09. The van der Waals surface area contributed by atoms with Crippen molar-refractivity contribution < 1.29 is 24.5 Å².